The third kappa shape index (κ3) is 5.45. The van der Waals surface area contributed by atoms with E-state index < -0.39 is 0 Å². The predicted octanol–water partition coefficient (Wildman–Crippen LogP) is 13.2. The Morgan fingerprint density at radius 2 is 0.804 bits per heavy atom. The normalized spacial score (nSPS) is 11.6. The van der Waals surface area contributed by atoms with Gasteiger partial charge in [0.25, 0.3) is 0 Å². The maximum absolute atomic E-state index is 6.54. The second-order valence-electron chi connectivity index (χ2n) is 14.1. The summed E-state index contributed by atoms with van der Waals surface area (Å²) < 4.78 is 8.91. The van der Waals surface area contributed by atoms with E-state index in [4.69, 9.17) is 19.4 Å². The lowest BCUT2D eigenvalue weighted by Gasteiger charge is -2.09. The van der Waals surface area contributed by atoms with Gasteiger partial charge < -0.3 is 8.98 Å². The van der Waals surface area contributed by atoms with Gasteiger partial charge in [-0.3, -0.25) is 0 Å². The molecule has 0 fully saturated rings. The molecule has 56 heavy (non-hydrogen) atoms. The summed E-state index contributed by atoms with van der Waals surface area (Å²) in [7, 11) is 0. The lowest BCUT2D eigenvalue weighted by atomic mass is 10.0. The molecule has 262 valence electrons. The zero-order chi connectivity index (χ0) is 37.0. The van der Waals surface area contributed by atoms with Crippen LogP contribution in [0.25, 0.3) is 106 Å². The van der Waals surface area contributed by atoms with E-state index in [0.717, 1.165) is 60.9 Å². The first kappa shape index (κ1) is 31.9. The average molecular weight is 717 g/mol. The smallest absolute Gasteiger partial charge is 0.164 e. The van der Waals surface area contributed by atoms with Crippen LogP contribution < -0.4 is 0 Å². The minimum absolute atomic E-state index is 0.587. The Hall–Kier alpha value is -7.63. The molecule has 0 aliphatic heterocycles. The molecule has 11 rings (SSSR count). The van der Waals surface area contributed by atoms with Gasteiger partial charge in [0, 0.05) is 43.9 Å². The Morgan fingerprint density at radius 1 is 0.304 bits per heavy atom. The zero-order valence-corrected chi connectivity index (χ0v) is 30.2. The molecule has 0 aliphatic carbocycles. The standard InChI is InChI=1S/C51H32N4O/c1-4-12-33(13-5-1)35-20-22-37(23-21-35)50-52-49(36-16-8-3-9-17-36)53-51(54-50)39-25-28-43-44-32-40(26-29-47(44)56-48(43)31-39)55-45-19-11-10-18-41(45)42-27-24-38(30-46(42)55)34-14-6-2-7-15-34/h1-32H. The fourth-order valence-corrected chi connectivity index (χ4v) is 7.90. The quantitative estimate of drug-likeness (QED) is 0.172. The number of hydrogen-bond donors (Lipinski definition) is 0. The van der Waals surface area contributed by atoms with Gasteiger partial charge in [0.15, 0.2) is 17.5 Å². The second kappa shape index (κ2) is 13.0. The number of rotatable bonds is 6. The third-order valence-electron chi connectivity index (χ3n) is 10.7. The van der Waals surface area contributed by atoms with Crippen LogP contribution in [0.5, 0.6) is 0 Å². The maximum atomic E-state index is 6.54. The van der Waals surface area contributed by atoms with Gasteiger partial charge in [-0.15, -0.1) is 0 Å². The van der Waals surface area contributed by atoms with Crippen molar-refractivity contribution in [2.75, 3.05) is 0 Å². The number of nitrogens with zero attached hydrogens (tertiary/aromatic N) is 4. The summed E-state index contributed by atoms with van der Waals surface area (Å²) in [5.41, 5.74) is 12.4. The lowest BCUT2D eigenvalue weighted by Crippen LogP contribution is -2.00. The van der Waals surface area contributed by atoms with Crippen molar-refractivity contribution < 1.29 is 4.42 Å². The predicted molar refractivity (Wildman–Crippen MR) is 229 cm³/mol. The third-order valence-corrected chi connectivity index (χ3v) is 10.7. The molecule has 0 unspecified atom stereocenters. The number of furan rings is 1. The van der Waals surface area contributed by atoms with Crippen LogP contribution in [0.2, 0.25) is 0 Å². The van der Waals surface area contributed by atoms with Crippen LogP contribution >= 0.6 is 0 Å². The highest BCUT2D eigenvalue weighted by Crippen LogP contribution is 2.38. The summed E-state index contributed by atoms with van der Waals surface area (Å²) in [5, 5.41) is 4.53. The monoisotopic (exact) mass is 716 g/mol. The van der Waals surface area contributed by atoms with E-state index in [1.165, 1.54) is 27.5 Å². The van der Waals surface area contributed by atoms with Gasteiger partial charge >= 0.3 is 0 Å². The summed E-state index contributed by atoms with van der Waals surface area (Å²) >= 11 is 0. The molecule has 0 saturated heterocycles. The highest BCUT2D eigenvalue weighted by Gasteiger charge is 2.18. The van der Waals surface area contributed by atoms with Crippen LogP contribution in [-0.4, -0.2) is 19.5 Å². The molecular formula is C51H32N4O. The van der Waals surface area contributed by atoms with Gasteiger partial charge in [0.1, 0.15) is 11.2 Å². The van der Waals surface area contributed by atoms with E-state index in [1.807, 2.05) is 42.5 Å². The van der Waals surface area contributed by atoms with Crippen LogP contribution in [0.15, 0.2) is 199 Å². The Kier molecular flexibility index (Phi) is 7.42. The van der Waals surface area contributed by atoms with Crippen molar-refractivity contribution in [3.63, 3.8) is 0 Å². The van der Waals surface area contributed by atoms with Crippen molar-refractivity contribution in [3.8, 4) is 62.1 Å². The van der Waals surface area contributed by atoms with E-state index in [9.17, 15) is 0 Å². The van der Waals surface area contributed by atoms with E-state index in [0.29, 0.717) is 17.5 Å². The van der Waals surface area contributed by atoms with Crippen molar-refractivity contribution in [3.05, 3.63) is 194 Å². The Balaban J connectivity index is 1.02. The van der Waals surface area contributed by atoms with Crippen LogP contribution in [0.4, 0.5) is 0 Å². The molecular weight excluding hydrogens is 685 g/mol. The van der Waals surface area contributed by atoms with Crippen LogP contribution in [-0.2, 0) is 0 Å². The van der Waals surface area contributed by atoms with Crippen molar-refractivity contribution in [1.29, 1.82) is 0 Å². The van der Waals surface area contributed by atoms with Crippen LogP contribution in [0.1, 0.15) is 0 Å². The SMILES string of the molecule is c1ccc(-c2ccc(-c3nc(-c4ccccc4)nc(-c4ccc5c(c4)oc4ccc(-n6c7ccccc7c7ccc(-c8ccccc8)cc76)cc45)n3)cc2)cc1. The van der Waals surface area contributed by atoms with Crippen molar-refractivity contribution in [1.82, 2.24) is 19.5 Å². The second-order valence-corrected chi connectivity index (χ2v) is 14.1. The minimum atomic E-state index is 0.587. The largest absolute Gasteiger partial charge is 0.456 e. The van der Waals surface area contributed by atoms with E-state index in [2.05, 4.69) is 156 Å². The van der Waals surface area contributed by atoms with Gasteiger partial charge in [0.2, 0.25) is 0 Å². The number of hydrogen-bond acceptors (Lipinski definition) is 4. The average Bonchev–Trinajstić information content (AvgIpc) is 3.81. The van der Waals surface area contributed by atoms with E-state index >= 15 is 0 Å². The molecule has 5 nitrogen and oxygen atoms in total. The molecule has 3 heterocycles. The molecule has 0 amide bonds. The molecule has 5 heteroatoms. The number of benzene rings is 8. The molecule has 0 atom stereocenters. The van der Waals surface area contributed by atoms with Crippen molar-refractivity contribution in [2.24, 2.45) is 0 Å². The van der Waals surface area contributed by atoms with E-state index in [1.54, 1.807) is 0 Å². The van der Waals surface area contributed by atoms with Gasteiger partial charge in [-0.05, 0) is 64.7 Å². The molecule has 3 aromatic heterocycles. The first-order chi connectivity index (χ1) is 27.7. The Labute approximate surface area is 322 Å². The zero-order valence-electron chi connectivity index (χ0n) is 30.2. The van der Waals surface area contributed by atoms with Crippen molar-refractivity contribution >= 4 is 43.7 Å². The lowest BCUT2D eigenvalue weighted by molar-refractivity contribution is 0.669. The highest BCUT2D eigenvalue weighted by atomic mass is 16.3. The molecule has 11 aromatic rings. The molecule has 0 aliphatic rings. The number of para-hydroxylation sites is 1. The maximum Gasteiger partial charge on any atom is 0.164 e. The molecule has 0 N–H and O–H groups in total. The summed E-state index contributed by atoms with van der Waals surface area (Å²) in [6, 6.07) is 67.5. The first-order valence-corrected chi connectivity index (χ1v) is 18.8. The fraction of sp³-hybridized carbons (Fsp3) is 0. The topological polar surface area (TPSA) is 56.7 Å². The number of fused-ring (bicyclic) bond motifs is 6. The Morgan fingerprint density at radius 3 is 1.52 bits per heavy atom. The van der Waals surface area contributed by atoms with E-state index in [-0.39, 0.29) is 0 Å². The fourth-order valence-electron chi connectivity index (χ4n) is 7.90. The van der Waals surface area contributed by atoms with Gasteiger partial charge in [-0.1, -0.05) is 152 Å². The van der Waals surface area contributed by atoms with Gasteiger partial charge in [0.05, 0.1) is 11.0 Å². The summed E-state index contributed by atoms with van der Waals surface area (Å²) in [4.78, 5) is 15.0. The summed E-state index contributed by atoms with van der Waals surface area (Å²) in [5.74, 6) is 1.82. The minimum Gasteiger partial charge on any atom is -0.456 e. The molecule has 0 saturated carbocycles. The highest BCUT2D eigenvalue weighted by molar-refractivity contribution is 6.11. The Bertz CT molecular complexity index is 3220. The van der Waals surface area contributed by atoms with Crippen LogP contribution in [0.3, 0.4) is 0 Å². The van der Waals surface area contributed by atoms with Gasteiger partial charge in [-0.2, -0.15) is 0 Å². The number of aromatic nitrogens is 4. The summed E-state index contributed by atoms with van der Waals surface area (Å²) in [6.45, 7) is 0. The summed E-state index contributed by atoms with van der Waals surface area (Å²) in [6.07, 6.45) is 0. The van der Waals surface area contributed by atoms with Crippen molar-refractivity contribution in [2.45, 2.75) is 0 Å². The first-order valence-electron chi connectivity index (χ1n) is 18.8. The molecule has 0 spiro atoms. The molecule has 0 radical (unpaired) electrons. The van der Waals surface area contributed by atoms with Crippen LogP contribution in [0, 0.1) is 0 Å². The van der Waals surface area contributed by atoms with Gasteiger partial charge in [-0.25, -0.2) is 15.0 Å². The molecule has 0 bridgehead atoms. The molecule has 8 aromatic carbocycles.